The van der Waals surface area contributed by atoms with E-state index >= 15 is 0 Å². The highest BCUT2D eigenvalue weighted by atomic mass is 16.2. The van der Waals surface area contributed by atoms with Crippen molar-refractivity contribution in [2.45, 2.75) is 71.6 Å². The molecule has 1 aromatic carbocycles. The molecule has 0 bridgehead atoms. The number of aryl methyl sites for hydroxylation is 1. The van der Waals surface area contributed by atoms with Crippen molar-refractivity contribution in [3.05, 3.63) is 47.4 Å². The summed E-state index contributed by atoms with van der Waals surface area (Å²) in [4.78, 5) is 41.9. The van der Waals surface area contributed by atoms with Gasteiger partial charge in [-0.15, -0.1) is 0 Å². The molecule has 0 radical (unpaired) electrons. The molecule has 7 heteroatoms. The van der Waals surface area contributed by atoms with E-state index in [-0.39, 0.29) is 17.1 Å². The molecule has 3 heterocycles. The van der Waals surface area contributed by atoms with E-state index < -0.39 is 0 Å². The van der Waals surface area contributed by atoms with Crippen LogP contribution in [-0.2, 0) is 16.6 Å². The fourth-order valence-electron chi connectivity index (χ4n) is 5.01. The van der Waals surface area contributed by atoms with Crippen molar-refractivity contribution in [2.24, 2.45) is 0 Å². The van der Waals surface area contributed by atoms with Gasteiger partial charge in [0.15, 0.2) is 5.78 Å². The quantitative estimate of drug-likeness (QED) is 0.562. The number of hydrogen-bond acceptors (Lipinski definition) is 6. The maximum Gasteiger partial charge on any atom is 0.227 e. The van der Waals surface area contributed by atoms with Crippen molar-refractivity contribution in [1.29, 1.82) is 0 Å². The lowest BCUT2D eigenvalue weighted by atomic mass is 9.95. The largest absolute Gasteiger partial charge is 0.354 e. The van der Waals surface area contributed by atoms with E-state index in [0.717, 1.165) is 81.4 Å². The fraction of sp³-hybridized carbons (Fsp3) is 0.586. The molecule has 0 aliphatic carbocycles. The zero-order chi connectivity index (χ0) is 25.7. The number of rotatable bonds is 7. The predicted molar refractivity (Wildman–Crippen MR) is 145 cm³/mol. The summed E-state index contributed by atoms with van der Waals surface area (Å²) in [6.07, 6.45) is 4.61. The van der Waals surface area contributed by atoms with E-state index in [0.29, 0.717) is 24.9 Å². The van der Waals surface area contributed by atoms with Gasteiger partial charge in [-0.3, -0.25) is 14.5 Å². The molecule has 0 spiro atoms. The second-order valence-electron chi connectivity index (χ2n) is 11.1. The highest BCUT2D eigenvalue weighted by Crippen LogP contribution is 2.27. The topological polar surface area (TPSA) is 69.6 Å². The van der Waals surface area contributed by atoms with Gasteiger partial charge >= 0.3 is 0 Å². The molecule has 4 rings (SSSR count). The molecule has 1 amide bonds. The monoisotopic (exact) mass is 491 g/mol. The minimum absolute atomic E-state index is 0.0754. The van der Waals surface area contributed by atoms with Crippen LogP contribution in [0.2, 0.25) is 0 Å². The first-order valence-corrected chi connectivity index (χ1v) is 13.5. The van der Waals surface area contributed by atoms with Crippen molar-refractivity contribution >= 4 is 23.2 Å². The first-order valence-electron chi connectivity index (χ1n) is 13.5. The number of benzene rings is 1. The van der Waals surface area contributed by atoms with Crippen molar-refractivity contribution in [2.75, 3.05) is 49.1 Å². The molecule has 2 aliphatic rings. The minimum atomic E-state index is -0.0754. The third kappa shape index (κ3) is 6.30. The van der Waals surface area contributed by atoms with Gasteiger partial charge in [-0.25, -0.2) is 9.97 Å². The Kier molecular flexibility index (Phi) is 8.39. The molecule has 1 saturated heterocycles. The second-order valence-corrected chi connectivity index (χ2v) is 11.1. The maximum absolute atomic E-state index is 13.1. The zero-order valence-corrected chi connectivity index (χ0v) is 22.4. The molecule has 2 aromatic rings. The van der Waals surface area contributed by atoms with Crippen LogP contribution in [0.3, 0.4) is 0 Å². The van der Waals surface area contributed by atoms with Gasteiger partial charge in [0.2, 0.25) is 5.91 Å². The van der Waals surface area contributed by atoms with Crippen LogP contribution in [0.5, 0.6) is 0 Å². The van der Waals surface area contributed by atoms with Crippen LogP contribution in [0.15, 0.2) is 30.3 Å². The fourth-order valence-corrected chi connectivity index (χ4v) is 5.01. The maximum atomic E-state index is 13.1. The smallest absolute Gasteiger partial charge is 0.227 e. The number of carbonyl (C=O) groups excluding carboxylic acids is 2. The first kappa shape index (κ1) is 26.3. The van der Waals surface area contributed by atoms with Crippen molar-refractivity contribution < 1.29 is 9.59 Å². The Morgan fingerprint density at radius 3 is 2.50 bits per heavy atom. The van der Waals surface area contributed by atoms with Crippen LogP contribution in [0.1, 0.15) is 81.7 Å². The van der Waals surface area contributed by atoms with Crippen molar-refractivity contribution in [3.63, 3.8) is 0 Å². The van der Waals surface area contributed by atoms with Gasteiger partial charge in [-0.2, -0.15) is 0 Å². The lowest BCUT2D eigenvalue weighted by Gasteiger charge is -2.36. The lowest BCUT2D eigenvalue weighted by molar-refractivity contribution is -0.118. The summed E-state index contributed by atoms with van der Waals surface area (Å²) >= 11 is 0. The van der Waals surface area contributed by atoms with E-state index in [2.05, 4.69) is 43.6 Å². The van der Waals surface area contributed by atoms with Crippen LogP contribution >= 0.6 is 0 Å². The number of piperazine rings is 1. The zero-order valence-electron chi connectivity index (χ0n) is 22.4. The van der Waals surface area contributed by atoms with Crippen LogP contribution in [0.25, 0.3) is 0 Å². The third-order valence-corrected chi connectivity index (χ3v) is 7.09. The Labute approximate surface area is 215 Å². The highest BCUT2D eigenvalue weighted by molar-refractivity contribution is 6.06. The number of anilines is 2. The minimum Gasteiger partial charge on any atom is -0.354 e. The van der Waals surface area contributed by atoms with E-state index in [1.807, 2.05) is 29.2 Å². The van der Waals surface area contributed by atoms with Crippen LogP contribution < -0.4 is 9.80 Å². The molecule has 7 nitrogen and oxygen atoms in total. The average molecular weight is 492 g/mol. The molecule has 194 valence electrons. The molecule has 36 heavy (non-hydrogen) atoms. The van der Waals surface area contributed by atoms with Gasteiger partial charge in [0.25, 0.3) is 0 Å². The summed E-state index contributed by atoms with van der Waals surface area (Å²) in [6.45, 7) is 14.0. The number of hydrogen-bond donors (Lipinski definition) is 0. The number of Topliss-reactive ketones (excluding diaryl/α,β-unsaturated/α-hetero) is 1. The van der Waals surface area contributed by atoms with Crippen molar-refractivity contribution in [1.82, 2.24) is 14.9 Å². The van der Waals surface area contributed by atoms with Gasteiger partial charge in [0, 0.05) is 68.3 Å². The predicted octanol–water partition coefficient (Wildman–Crippen LogP) is 4.64. The molecular formula is C29H41N5O2. The van der Waals surface area contributed by atoms with Crippen LogP contribution in [0, 0.1) is 0 Å². The Balaban J connectivity index is 1.30. The summed E-state index contributed by atoms with van der Waals surface area (Å²) in [7, 11) is 0. The average Bonchev–Trinajstić information content (AvgIpc) is 3.03. The lowest BCUT2D eigenvalue weighted by Crippen LogP contribution is -2.47. The van der Waals surface area contributed by atoms with Gasteiger partial charge in [0.1, 0.15) is 11.6 Å². The van der Waals surface area contributed by atoms with Gasteiger partial charge < -0.3 is 9.80 Å². The first-order chi connectivity index (χ1) is 17.3. The number of carbonyl (C=O) groups is 2. The molecule has 0 unspecified atom stereocenters. The Morgan fingerprint density at radius 1 is 1.03 bits per heavy atom. The number of ketones is 1. The SMILES string of the molecule is CCCc1cc(N2CCN(CCCC(=O)N3CCCC(=O)c4ccccc43)CC2)nc(C(C)(C)C)n1. The van der Waals surface area contributed by atoms with E-state index in [4.69, 9.17) is 9.97 Å². The number of amides is 1. The molecule has 0 saturated carbocycles. The van der Waals surface area contributed by atoms with Crippen LogP contribution in [-0.4, -0.2) is 65.8 Å². The number of nitrogens with zero attached hydrogens (tertiary/aromatic N) is 5. The van der Waals surface area contributed by atoms with Gasteiger partial charge in [-0.05, 0) is 37.9 Å². The summed E-state index contributed by atoms with van der Waals surface area (Å²) in [6, 6.07) is 9.69. The number of para-hydroxylation sites is 1. The van der Waals surface area contributed by atoms with E-state index in [1.165, 1.54) is 0 Å². The van der Waals surface area contributed by atoms with Crippen molar-refractivity contribution in [3.8, 4) is 0 Å². The molecule has 1 fully saturated rings. The second kappa shape index (κ2) is 11.5. The third-order valence-electron chi connectivity index (χ3n) is 7.09. The van der Waals surface area contributed by atoms with Gasteiger partial charge in [-0.1, -0.05) is 46.2 Å². The molecular weight excluding hydrogens is 450 g/mol. The normalized spacial score (nSPS) is 17.2. The van der Waals surface area contributed by atoms with Crippen LogP contribution in [0.4, 0.5) is 11.5 Å². The number of aromatic nitrogens is 2. The highest BCUT2D eigenvalue weighted by Gasteiger charge is 2.26. The Bertz CT molecular complexity index is 1070. The van der Waals surface area contributed by atoms with E-state index in [9.17, 15) is 9.59 Å². The van der Waals surface area contributed by atoms with Gasteiger partial charge in [0.05, 0.1) is 5.69 Å². The Morgan fingerprint density at radius 2 is 1.78 bits per heavy atom. The van der Waals surface area contributed by atoms with E-state index in [1.54, 1.807) is 0 Å². The Hall–Kier alpha value is -2.80. The summed E-state index contributed by atoms with van der Waals surface area (Å²) in [5.41, 5.74) is 2.51. The number of fused-ring (bicyclic) bond motifs is 1. The molecule has 1 aromatic heterocycles. The summed E-state index contributed by atoms with van der Waals surface area (Å²) in [5.74, 6) is 2.22. The summed E-state index contributed by atoms with van der Waals surface area (Å²) < 4.78 is 0. The summed E-state index contributed by atoms with van der Waals surface area (Å²) in [5, 5.41) is 0. The molecule has 0 atom stereocenters. The standard InChI is InChI=1S/C29H41N5O2/c1-5-10-22-21-26(31-28(30-22)29(2,3)4)33-19-17-32(18-20-33)15-9-14-27(36)34-16-8-13-25(35)23-11-6-7-12-24(23)34/h6-7,11-12,21H,5,8-10,13-20H2,1-4H3. The molecule has 0 N–H and O–H groups in total. The molecule has 2 aliphatic heterocycles.